The van der Waals surface area contributed by atoms with E-state index in [-0.39, 0.29) is 25.9 Å². The first-order valence-corrected chi connectivity index (χ1v) is 30.3. The molecular formula is C61H110O12. The number of carbonyl (C=O) groups excluding carboxylic acids is 3. The predicted molar refractivity (Wildman–Crippen MR) is 294 cm³/mol. The van der Waals surface area contributed by atoms with Crippen molar-refractivity contribution in [2.45, 2.75) is 327 Å². The van der Waals surface area contributed by atoms with Crippen molar-refractivity contribution in [3.8, 4) is 0 Å². The molecule has 1 saturated heterocycles. The molecule has 73 heavy (non-hydrogen) atoms. The highest BCUT2D eigenvalue weighted by molar-refractivity contribution is 5.74. The first kappa shape index (κ1) is 68.2. The number of allylic oxidation sites excluding steroid dienone is 4. The number of unbranched alkanes of at least 4 members (excludes halogenated alkanes) is 34. The number of aliphatic hydroxyl groups is 2. The molecule has 0 aliphatic carbocycles. The zero-order chi connectivity index (χ0) is 53.3. The average Bonchev–Trinajstić information content (AvgIpc) is 3.37. The Bertz CT molecular complexity index is 1370. The first-order valence-electron chi connectivity index (χ1n) is 30.3. The van der Waals surface area contributed by atoms with Crippen molar-refractivity contribution in [2.75, 3.05) is 13.2 Å². The molecule has 0 aromatic rings. The van der Waals surface area contributed by atoms with Crippen molar-refractivity contribution in [3.05, 3.63) is 24.3 Å². The fraction of sp³-hybridized carbons (Fsp3) is 0.869. The normalized spacial score (nSPS) is 18.4. The van der Waals surface area contributed by atoms with Gasteiger partial charge >= 0.3 is 23.9 Å². The topological polar surface area (TPSA) is 175 Å². The number of carboxylic acid groups (broad SMARTS) is 1. The highest BCUT2D eigenvalue weighted by Crippen LogP contribution is 2.27. The van der Waals surface area contributed by atoms with Crippen LogP contribution in [0.2, 0.25) is 0 Å². The van der Waals surface area contributed by atoms with E-state index in [4.69, 9.17) is 23.7 Å². The molecule has 6 atom stereocenters. The Labute approximate surface area is 445 Å². The standard InChI is InChI=1S/C61H110O12/c1-4-7-10-13-16-19-22-24-25-26-27-28-29-31-34-37-40-43-46-49-55(64)72-59-57(66)56(65)58(60(67)68)73-61(59)70-51-52(71-54(63)48-45-42-39-36-32-21-18-15-12-9-6-3)50-69-53(62)47-44-41-38-35-33-30-23-20-17-14-11-8-5-2/h16,19,24-25,52,56-59,61,65-66H,4-15,17-18,20-23,26-51H2,1-3H3,(H,67,68)/b19-16-,25-24-. The molecule has 0 aromatic heterocycles. The Morgan fingerprint density at radius 1 is 0.452 bits per heavy atom. The van der Waals surface area contributed by atoms with Crippen LogP contribution in [-0.2, 0) is 42.9 Å². The van der Waals surface area contributed by atoms with E-state index in [1.807, 2.05) is 0 Å². The van der Waals surface area contributed by atoms with Crippen LogP contribution in [0.3, 0.4) is 0 Å². The highest BCUT2D eigenvalue weighted by atomic mass is 16.7. The SMILES string of the molecule is CCCCC/C=C\C/C=C\CCCCCCCCCCCC(=O)OC1C(OCC(COC(=O)CCCCCCCCCCCCCCC)OC(=O)CCCCCCCCCCCCC)OC(C(=O)O)C(O)C1O. The van der Waals surface area contributed by atoms with E-state index in [2.05, 4.69) is 45.1 Å². The molecule has 1 aliphatic heterocycles. The third-order valence-electron chi connectivity index (χ3n) is 14.0. The van der Waals surface area contributed by atoms with Crippen LogP contribution in [0.25, 0.3) is 0 Å². The van der Waals surface area contributed by atoms with Gasteiger partial charge in [-0.15, -0.1) is 0 Å². The minimum absolute atomic E-state index is 0.0606. The van der Waals surface area contributed by atoms with Gasteiger partial charge in [-0.25, -0.2) is 4.79 Å². The van der Waals surface area contributed by atoms with Crippen LogP contribution in [0.15, 0.2) is 24.3 Å². The lowest BCUT2D eigenvalue weighted by molar-refractivity contribution is -0.301. The molecule has 0 radical (unpaired) electrons. The second kappa shape index (κ2) is 50.0. The van der Waals surface area contributed by atoms with Crippen LogP contribution in [0.4, 0.5) is 0 Å². The van der Waals surface area contributed by atoms with Crippen molar-refractivity contribution >= 4 is 23.9 Å². The molecule has 1 rings (SSSR count). The summed E-state index contributed by atoms with van der Waals surface area (Å²) in [5, 5.41) is 31.5. The maximum Gasteiger partial charge on any atom is 0.335 e. The van der Waals surface area contributed by atoms with Gasteiger partial charge in [-0.2, -0.15) is 0 Å². The van der Waals surface area contributed by atoms with Gasteiger partial charge < -0.3 is 39.0 Å². The Hall–Kier alpha value is -2.80. The molecule has 12 nitrogen and oxygen atoms in total. The van der Waals surface area contributed by atoms with Crippen LogP contribution in [0.1, 0.15) is 290 Å². The van der Waals surface area contributed by atoms with Gasteiger partial charge in [0.05, 0.1) is 6.61 Å². The van der Waals surface area contributed by atoms with Gasteiger partial charge in [0.15, 0.2) is 24.6 Å². The lowest BCUT2D eigenvalue weighted by Crippen LogP contribution is -2.61. The number of aliphatic hydroxyl groups excluding tert-OH is 2. The third-order valence-corrected chi connectivity index (χ3v) is 14.0. The van der Waals surface area contributed by atoms with E-state index in [1.54, 1.807) is 0 Å². The van der Waals surface area contributed by atoms with Gasteiger partial charge in [0.2, 0.25) is 0 Å². The molecule has 1 aliphatic rings. The van der Waals surface area contributed by atoms with E-state index < -0.39 is 67.3 Å². The second-order valence-electron chi connectivity index (χ2n) is 21.0. The van der Waals surface area contributed by atoms with Gasteiger partial charge in [-0.1, -0.05) is 244 Å². The van der Waals surface area contributed by atoms with E-state index in [0.717, 1.165) is 77.0 Å². The Morgan fingerprint density at radius 3 is 1.26 bits per heavy atom. The van der Waals surface area contributed by atoms with Crippen LogP contribution < -0.4 is 0 Å². The molecule has 0 bridgehead atoms. The maximum atomic E-state index is 13.1. The quantitative estimate of drug-likeness (QED) is 0.0228. The van der Waals surface area contributed by atoms with Crippen molar-refractivity contribution < 1.29 is 58.2 Å². The van der Waals surface area contributed by atoms with Crippen molar-refractivity contribution in [2.24, 2.45) is 0 Å². The third kappa shape index (κ3) is 40.2. The fourth-order valence-corrected chi connectivity index (χ4v) is 9.34. The Balaban J connectivity index is 2.63. The van der Waals surface area contributed by atoms with Crippen LogP contribution >= 0.6 is 0 Å². The highest BCUT2D eigenvalue weighted by Gasteiger charge is 2.50. The van der Waals surface area contributed by atoms with Crippen LogP contribution in [0.5, 0.6) is 0 Å². The molecule has 12 heteroatoms. The molecule has 6 unspecified atom stereocenters. The van der Waals surface area contributed by atoms with Gasteiger partial charge in [0.25, 0.3) is 0 Å². The summed E-state index contributed by atoms with van der Waals surface area (Å²) in [4.78, 5) is 51.1. The smallest absolute Gasteiger partial charge is 0.335 e. The Morgan fingerprint density at radius 2 is 0.822 bits per heavy atom. The van der Waals surface area contributed by atoms with Crippen LogP contribution in [0, 0.1) is 0 Å². The number of aliphatic carboxylic acids is 1. The molecule has 1 heterocycles. The first-order chi connectivity index (χ1) is 35.6. The summed E-state index contributed by atoms with van der Waals surface area (Å²) in [6, 6.07) is 0. The monoisotopic (exact) mass is 1030 g/mol. The lowest BCUT2D eigenvalue weighted by Gasteiger charge is -2.40. The summed E-state index contributed by atoms with van der Waals surface area (Å²) in [6.07, 6.45) is 44.3. The average molecular weight is 1040 g/mol. The maximum absolute atomic E-state index is 13.1. The summed E-state index contributed by atoms with van der Waals surface area (Å²) in [7, 11) is 0. The van der Waals surface area contributed by atoms with Crippen LogP contribution in [-0.4, -0.2) is 89.2 Å². The second-order valence-corrected chi connectivity index (χ2v) is 21.0. The summed E-state index contributed by atoms with van der Waals surface area (Å²) < 4.78 is 28.4. The van der Waals surface area contributed by atoms with Crippen molar-refractivity contribution in [1.29, 1.82) is 0 Å². The van der Waals surface area contributed by atoms with E-state index in [0.29, 0.717) is 19.3 Å². The summed E-state index contributed by atoms with van der Waals surface area (Å²) in [5.41, 5.74) is 0. The Kier molecular flexibility index (Phi) is 46.8. The summed E-state index contributed by atoms with van der Waals surface area (Å²) in [6.45, 7) is 5.99. The number of rotatable bonds is 52. The molecule has 0 amide bonds. The number of ether oxygens (including phenoxy) is 5. The van der Waals surface area contributed by atoms with E-state index in [9.17, 15) is 34.5 Å². The number of hydrogen-bond acceptors (Lipinski definition) is 11. The van der Waals surface area contributed by atoms with E-state index in [1.165, 1.54) is 154 Å². The number of esters is 3. The number of carboxylic acids is 1. The van der Waals surface area contributed by atoms with Gasteiger partial charge in [0.1, 0.15) is 18.8 Å². The molecular weight excluding hydrogens is 925 g/mol. The largest absolute Gasteiger partial charge is 0.479 e. The van der Waals surface area contributed by atoms with Gasteiger partial charge in [-0.05, 0) is 51.4 Å². The van der Waals surface area contributed by atoms with Gasteiger partial charge in [0, 0.05) is 19.3 Å². The molecule has 426 valence electrons. The molecule has 0 aromatic carbocycles. The molecule has 3 N–H and O–H groups in total. The summed E-state index contributed by atoms with van der Waals surface area (Å²) in [5.74, 6) is -3.09. The zero-order valence-electron chi connectivity index (χ0n) is 46.9. The molecule has 1 fully saturated rings. The van der Waals surface area contributed by atoms with Gasteiger partial charge in [-0.3, -0.25) is 14.4 Å². The van der Waals surface area contributed by atoms with Crippen molar-refractivity contribution in [1.82, 2.24) is 0 Å². The summed E-state index contributed by atoms with van der Waals surface area (Å²) >= 11 is 0. The minimum Gasteiger partial charge on any atom is -0.479 e. The van der Waals surface area contributed by atoms with Crippen molar-refractivity contribution in [3.63, 3.8) is 0 Å². The predicted octanol–water partition coefficient (Wildman–Crippen LogP) is 15.5. The fourth-order valence-electron chi connectivity index (χ4n) is 9.34. The number of carbonyl (C=O) groups is 4. The lowest BCUT2D eigenvalue weighted by atomic mass is 9.98. The number of hydrogen-bond donors (Lipinski definition) is 3. The molecule has 0 spiro atoms. The minimum atomic E-state index is -1.90. The van der Waals surface area contributed by atoms with E-state index >= 15 is 0 Å². The molecule has 0 saturated carbocycles. The zero-order valence-corrected chi connectivity index (χ0v) is 46.9.